The summed E-state index contributed by atoms with van der Waals surface area (Å²) in [6.45, 7) is 1.15. The topological polar surface area (TPSA) is 60.8 Å². The first-order valence-corrected chi connectivity index (χ1v) is 8.46. The number of aliphatic hydroxyl groups excluding tert-OH is 1. The number of carboxylic acids is 1. The maximum Gasteiger partial charge on any atom is 0.325 e. The first-order chi connectivity index (χ1) is 11.1. The molecule has 0 amide bonds. The number of piperidine rings is 1. The van der Waals surface area contributed by atoms with Crippen molar-refractivity contribution in [2.75, 3.05) is 13.1 Å². The second-order valence-electron chi connectivity index (χ2n) is 6.85. The molecule has 0 aromatic heterocycles. The minimum Gasteiger partial charge on any atom is -0.480 e. The van der Waals surface area contributed by atoms with Gasteiger partial charge >= 0.3 is 5.97 Å². The Morgan fingerprint density at radius 2 is 1.83 bits per heavy atom. The van der Waals surface area contributed by atoms with Crippen LogP contribution in [-0.4, -0.2) is 40.3 Å². The first-order valence-electron chi connectivity index (χ1n) is 8.46. The lowest BCUT2D eigenvalue weighted by molar-refractivity contribution is -0.146. The third-order valence-corrected chi connectivity index (χ3v) is 5.44. The van der Waals surface area contributed by atoms with Crippen LogP contribution in [-0.2, 0) is 4.79 Å². The minimum absolute atomic E-state index is 0.147. The van der Waals surface area contributed by atoms with E-state index in [1.54, 1.807) is 12.1 Å². The summed E-state index contributed by atoms with van der Waals surface area (Å²) in [7, 11) is 0. The van der Waals surface area contributed by atoms with E-state index in [1.165, 1.54) is 25.0 Å². The quantitative estimate of drug-likeness (QED) is 0.895. The molecule has 3 atom stereocenters. The van der Waals surface area contributed by atoms with Gasteiger partial charge in [0.1, 0.15) is 11.9 Å². The zero-order valence-electron chi connectivity index (χ0n) is 13.2. The van der Waals surface area contributed by atoms with Crippen LogP contribution in [0.4, 0.5) is 4.39 Å². The standard InChI is InChI=1S/C18H24FNO3/c19-14-7-5-13(6-8-14)17(18(22)23)20-10-9-16(21)15(11-20)12-3-1-2-4-12/h5-8,12,15-17,21H,1-4,9-11H2,(H,22,23)/t15-,16+,17?/m0/s1. The Morgan fingerprint density at radius 3 is 2.43 bits per heavy atom. The van der Waals surface area contributed by atoms with Crippen molar-refractivity contribution in [1.82, 2.24) is 4.90 Å². The lowest BCUT2D eigenvalue weighted by atomic mass is 9.81. The lowest BCUT2D eigenvalue weighted by Crippen LogP contribution is -2.48. The van der Waals surface area contributed by atoms with E-state index < -0.39 is 12.0 Å². The summed E-state index contributed by atoms with van der Waals surface area (Å²) in [5.74, 6) is -0.641. The van der Waals surface area contributed by atoms with Gasteiger partial charge in [0.15, 0.2) is 0 Å². The molecule has 2 N–H and O–H groups in total. The maximum absolute atomic E-state index is 13.1. The molecular formula is C18H24FNO3. The van der Waals surface area contributed by atoms with Gasteiger partial charge in [0.25, 0.3) is 0 Å². The summed E-state index contributed by atoms with van der Waals surface area (Å²) in [5.41, 5.74) is 0.598. The minimum atomic E-state index is -0.918. The van der Waals surface area contributed by atoms with Crippen molar-refractivity contribution in [3.05, 3.63) is 35.6 Å². The van der Waals surface area contributed by atoms with Gasteiger partial charge in [0, 0.05) is 19.0 Å². The molecule has 1 aliphatic heterocycles. The van der Waals surface area contributed by atoms with Crippen molar-refractivity contribution in [3.63, 3.8) is 0 Å². The summed E-state index contributed by atoms with van der Waals surface area (Å²) in [6.07, 6.45) is 4.93. The molecule has 4 nitrogen and oxygen atoms in total. The smallest absolute Gasteiger partial charge is 0.325 e. The molecule has 23 heavy (non-hydrogen) atoms. The molecule has 5 heteroatoms. The fourth-order valence-corrected chi connectivity index (χ4v) is 4.23. The normalized spacial score (nSPS) is 27.9. The van der Waals surface area contributed by atoms with Crippen LogP contribution in [0.1, 0.15) is 43.7 Å². The molecule has 0 bridgehead atoms. The largest absolute Gasteiger partial charge is 0.480 e. The number of aliphatic carboxylic acids is 1. The zero-order chi connectivity index (χ0) is 16.4. The fraction of sp³-hybridized carbons (Fsp3) is 0.611. The number of likely N-dealkylation sites (tertiary alicyclic amines) is 1. The van der Waals surface area contributed by atoms with Gasteiger partial charge in [-0.05, 0) is 30.0 Å². The van der Waals surface area contributed by atoms with Crippen LogP contribution in [0.15, 0.2) is 24.3 Å². The van der Waals surface area contributed by atoms with Gasteiger partial charge < -0.3 is 10.2 Å². The second-order valence-corrected chi connectivity index (χ2v) is 6.85. The SMILES string of the molecule is O=C(O)C(c1ccc(F)cc1)N1CC[C@@H](O)[C@H](C2CCCC2)C1. The highest BCUT2D eigenvalue weighted by atomic mass is 19.1. The molecule has 1 aromatic rings. The Bertz CT molecular complexity index is 542. The van der Waals surface area contributed by atoms with Gasteiger partial charge in [-0.2, -0.15) is 0 Å². The fourth-order valence-electron chi connectivity index (χ4n) is 4.23. The number of aliphatic hydroxyl groups is 1. The van der Waals surface area contributed by atoms with E-state index >= 15 is 0 Å². The Hall–Kier alpha value is -1.46. The molecule has 2 fully saturated rings. The average Bonchev–Trinajstić information content (AvgIpc) is 3.05. The van der Waals surface area contributed by atoms with Crippen molar-refractivity contribution >= 4 is 5.97 Å². The first kappa shape index (κ1) is 16.4. The van der Waals surface area contributed by atoms with Crippen molar-refractivity contribution in [2.24, 2.45) is 11.8 Å². The molecule has 1 aromatic carbocycles. The Kier molecular flexibility index (Phi) is 4.97. The number of hydrogen-bond acceptors (Lipinski definition) is 3. The van der Waals surface area contributed by atoms with Crippen molar-refractivity contribution in [1.29, 1.82) is 0 Å². The maximum atomic E-state index is 13.1. The number of carboxylic acid groups (broad SMARTS) is 1. The molecule has 0 spiro atoms. The highest BCUT2D eigenvalue weighted by molar-refractivity contribution is 5.75. The third kappa shape index (κ3) is 3.56. The number of carbonyl (C=O) groups is 1. The summed E-state index contributed by atoms with van der Waals surface area (Å²) < 4.78 is 13.1. The molecule has 1 aliphatic carbocycles. The summed E-state index contributed by atoms with van der Waals surface area (Å²) >= 11 is 0. The molecule has 0 radical (unpaired) electrons. The van der Waals surface area contributed by atoms with Crippen LogP contribution < -0.4 is 0 Å². The highest BCUT2D eigenvalue weighted by Crippen LogP contribution is 2.38. The Morgan fingerprint density at radius 1 is 1.17 bits per heavy atom. The molecule has 126 valence electrons. The van der Waals surface area contributed by atoms with E-state index in [0.717, 1.165) is 12.8 Å². The van der Waals surface area contributed by atoms with Crippen LogP contribution >= 0.6 is 0 Å². The number of nitrogens with zero attached hydrogens (tertiary/aromatic N) is 1. The van der Waals surface area contributed by atoms with Crippen molar-refractivity contribution < 1.29 is 19.4 Å². The molecule has 1 saturated carbocycles. The molecule has 1 unspecified atom stereocenters. The molecule has 1 saturated heterocycles. The van der Waals surface area contributed by atoms with Crippen molar-refractivity contribution in [3.8, 4) is 0 Å². The van der Waals surface area contributed by atoms with Gasteiger partial charge in [-0.25, -0.2) is 4.39 Å². The van der Waals surface area contributed by atoms with Gasteiger partial charge in [-0.3, -0.25) is 9.69 Å². The third-order valence-electron chi connectivity index (χ3n) is 5.44. The number of rotatable bonds is 4. The van der Waals surface area contributed by atoms with Crippen LogP contribution in [0.5, 0.6) is 0 Å². The number of hydrogen-bond donors (Lipinski definition) is 2. The van der Waals surface area contributed by atoms with Gasteiger partial charge in [-0.15, -0.1) is 0 Å². The number of benzene rings is 1. The van der Waals surface area contributed by atoms with Crippen LogP contribution in [0.2, 0.25) is 0 Å². The molecular weight excluding hydrogens is 297 g/mol. The van der Waals surface area contributed by atoms with E-state index in [1.807, 2.05) is 4.90 Å². The predicted octanol–water partition coefficient (Wildman–Crippen LogP) is 2.82. The van der Waals surface area contributed by atoms with Gasteiger partial charge in [0.05, 0.1) is 6.10 Å². The zero-order valence-corrected chi connectivity index (χ0v) is 13.2. The monoisotopic (exact) mass is 321 g/mol. The van der Waals surface area contributed by atoms with E-state index in [2.05, 4.69) is 0 Å². The van der Waals surface area contributed by atoms with Crippen molar-refractivity contribution in [2.45, 2.75) is 44.2 Å². The predicted molar refractivity (Wildman–Crippen MR) is 84.4 cm³/mol. The van der Waals surface area contributed by atoms with Gasteiger partial charge in [0.2, 0.25) is 0 Å². The second kappa shape index (κ2) is 6.97. The van der Waals surface area contributed by atoms with E-state index in [-0.39, 0.29) is 17.8 Å². The van der Waals surface area contributed by atoms with Crippen LogP contribution in [0.3, 0.4) is 0 Å². The molecule has 2 aliphatic rings. The van der Waals surface area contributed by atoms with E-state index in [0.29, 0.717) is 31.0 Å². The molecule has 1 heterocycles. The lowest BCUT2D eigenvalue weighted by Gasteiger charge is -2.41. The van der Waals surface area contributed by atoms with Crippen LogP contribution in [0.25, 0.3) is 0 Å². The summed E-state index contributed by atoms with van der Waals surface area (Å²) in [4.78, 5) is 13.7. The highest BCUT2D eigenvalue weighted by Gasteiger charge is 2.39. The van der Waals surface area contributed by atoms with E-state index in [9.17, 15) is 19.4 Å². The van der Waals surface area contributed by atoms with E-state index in [4.69, 9.17) is 0 Å². The Balaban J connectivity index is 1.79. The summed E-state index contributed by atoms with van der Waals surface area (Å²) in [6, 6.07) is 4.93. The number of halogens is 1. The Labute approximate surface area is 135 Å². The van der Waals surface area contributed by atoms with Gasteiger partial charge in [-0.1, -0.05) is 37.8 Å². The molecule has 3 rings (SSSR count). The summed E-state index contributed by atoms with van der Waals surface area (Å²) in [5, 5.41) is 20.0. The van der Waals surface area contributed by atoms with Crippen LogP contribution in [0, 0.1) is 17.7 Å². The average molecular weight is 321 g/mol.